The van der Waals surface area contributed by atoms with Gasteiger partial charge in [-0.1, -0.05) is 0 Å². The standard InChI is InChI=1S/C12H16N2O5S/c1-12(2,11(16)17)14(3)20(18,19)9-6-4-8(5-7-9)10(13)15/h4-7H,1-3H3,(H2,13,15)(H,16,17). The molecule has 1 aromatic rings. The van der Waals surface area contributed by atoms with Crippen LogP contribution in [-0.2, 0) is 14.8 Å². The van der Waals surface area contributed by atoms with Gasteiger partial charge < -0.3 is 10.8 Å². The number of amides is 1. The number of sulfonamides is 1. The molecule has 110 valence electrons. The second-order valence-electron chi connectivity index (χ2n) is 4.73. The van der Waals surface area contributed by atoms with Crippen LogP contribution in [0.15, 0.2) is 29.2 Å². The molecular weight excluding hydrogens is 284 g/mol. The van der Waals surface area contributed by atoms with Crippen LogP contribution in [0.5, 0.6) is 0 Å². The van der Waals surface area contributed by atoms with E-state index < -0.39 is 27.4 Å². The minimum absolute atomic E-state index is 0.112. The maximum absolute atomic E-state index is 12.3. The molecule has 20 heavy (non-hydrogen) atoms. The highest BCUT2D eigenvalue weighted by molar-refractivity contribution is 7.89. The van der Waals surface area contributed by atoms with Crippen LogP contribution in [-0.4, -0.2) is 42.3 Å². The Bertz CT molecular complexity index is 634. The van der Waals surface area contributed by atoms with Gasteiger partial charge in [-0.25, -0.2) is 8.42 Å². The van der Waals surface area contributed by atoms with Crippen LogP contribution in [0, 0.1) is 0 Å². The van der Waals surface area contributed by atoms with Crippen molar-refractivity contribution in [1.29, 1.82) is 0 Å². The maximum Gasteiger partial charge on any atom is 0.324 e. The highest BCUT2D eigenvalue weighted by Gasteiger charge is 2.40. The topological polar surface area (TPSA) is 118 Å². The second-order valence-corrected chi connectivity index (χ2v) is 6.69. The van der Waals surface area contributed by atoms with Crippen LogP contribution in [0.25, 0.3) is 0 Å². The molecule has 1 aromatic carbocycles. The van der Waals surface area contributed by atoms with Crippen molar-refractivity contribution >= 4 is 21.9 Å². The van der Waals surface area contributed by atoms with E-state index >= 15 is 0 Å². The lowest BCUT2D eigenvalue weighted by Crippen LogP contribution is -2.50. The smallest absolute Gasteiger partial charge is 0.324 e. The monoisotopic (exact) mass is 300 g/mol. The number of carbonyl (C=O) groups is 2. The summed E-state index contributed by atoms with van der Waals surface area (Å²) in [6.07, 6.45) is 0. The zero-order valence-electron chi connectivity index (χ0n) is 11.3. The Morgan fingerprint density at radius 1 is 1.20 bits per heavy atom. The van der Waals surface area contributed by atoms with Crippen LogP contribution in [0.2, 0.25) is 0 Å². The number of rotatable bonds is 5. The number of nitrogens with two attached hydrogens (primary N) is 1. The number of nitrogens with zero attached hydrogens (tertiary/aromatic N) is 1. The summed E-state index contributed by atoms with van der Waals surface area (Å²) in [4.78, 5) is 21.9. The average molecular weight is 300 g/mol. The fraction of sp³-hybridized carbons (Fsp3) is 0.333. The molecule has 0 fully saturated rings. The van der Waals surface area contributed by atoms with E-state index in [0.717, 1.165) is 4.31 Å². The highest BCUT2D eigenvalue weighted by atomic mass is 32.2. The zero-order chi connectivity index (χ0) is 15.7. The summed E-state index contributed by atoms with van der Waals surface area (Å²) in [6.45, 7) is 2.56. The predicted octanol–water partition coefficient (Wildman–Crippen LogP) is 0.269. The van der Waals surface area contributed by atoms with Crippen molar-refractivity contribution in [3.05, 3.63) is 29.8 Å². The SMILES string of the molecule is CN(C(C)(C)C(=O)O)S(=O)(=O)c1ccc(C(N)=O)cc1. The third kappa shape index (κ3) is 2.81. The van der Waals surface area contributed by atoms with E-state index in [4.69, 9.17) is 10.8 Å². The molecule has 8 heteroatoms. The lowest BCUT2D eigenvalue weighted by atomic mass is 10.1. The summed E-state index contributed by atoms with van der Waals surface area (Å²) in [5.41, 5.74) is 3.64. The Morgan fingerprint density at radius 3 is 2.00 bits per heavy atom. The van der Waals surface area contributed by atoms with Gasteiger partial charge in [0.15, 0.2) is 0 Å². The van der Waals surface area contributed by atoms with E-state index in [9.17, 15) is 18.0 Å². The van der Waals surface area contributed by atoms with Crippen molar-refractivity contribution in [2.75, 3.05) is 7.05 Å². The number of benzene rings is 1. The Morgan fingerprint density at radius 2 is 1.65 bits per heavy atom. The Labute approximate surface area is 117 Å². The summed E-state index contributed by atoms with van der Waals surface area (Å²) in [6, 6.07) is 4.97. The molecule has 0 aromatic heterocycles. The van der Waals surface area contributed by atoms with Crippen molar-refractivity contribution < 1.29 is 23.1 Å². The van der Waals surface area contributed by atoms with E-state index in [2.05, 4.69) is 0 Å². The first kappa shape index (κ1) is 16.1. The molecule has 0 spiro atoms. The lowest BCUT2D eigenvalue weighted by molar-refractivity contribution is -0.145. The summed E-state index contributed by atoms with van der Waals surface area (Å²) in [5.74, 6) is -1.94. The van der Waals surface area contributed by atoms with Gasteiger partial charge in [-0.2, -0.15) is 4.31 Å². The fourth-order valence-corrected chi connectivity index (χ4v) is 2.86. The number of carboxylic acids is 1. The molecular formula is C12H16N2O5S. The molecule has 0 radical (unpaired) electrons. The fourth-order valence-electron chi connectivity index (χ4n) is 1.38. The molecule has 0 unspecified atom stereocenters. The van der Waals surface area contributed by atoms with Crippen molar-refractivity contribution in [3.63, 3.8) is 0 Å². The van der Waals surface area contributed by atoms with E-state index in [0.29, 0.717) is 0 Å². The van der Waals surface area contributed by atoms with Crippen molar-refractivity contribution in [1.82, 2.24) is 4.31 Å². The molecule has 1 rings (SSSR count). The van der Waals surface area contributed by atoms with Crippen molar-refractivity contribution in [2.45, 2.75) is 24.3 Å². The van der Waals surface area contributed by atoms with Gasteiger partial charge >= 0.3 is 5.97 Å². The second kappa shape index (κ2) is 5.22. The van der Waals surface area contributed by atoms with Gasteiger partial charge in [0.05, 0.1) is 4.90 Å². The average Bonchev–Trinajstić information content (AvgIpc) is 2.37. The molecule has 3 N–H and O–H groups in total. The Balaban J connectivity index is 3.23. The number of primary amides is 1. The Hall–Kier alpha value is -1.93. The number of likely N-dealkylation sites (N-methyl/N-ethyl adjacent to an activating group) is 1. The van der Waals surface area contributed by atoms with Crippen molar-refractivity contribution in [2.24, 2.45) is 5.73 Å². The summed E-state index contributed by atoms with van der Waals surface area (Å²) < 4.78 is 25.4. The van der Waals surface area contributed by atoms with Gasteiger partial charge in [0.1, 0.15) is 5.54 Å². The third-order valence-electron chi connectivity index (χ3n) is 3.11. The molecule has 1 amide bonds. The summed E-state index contributed by atoms with van der Waals surface area (Å²) >= 11 is 0. The van der Waals surface area contributed by atoms with Gasteiger partial charge in [-0.3, -0.25) is 9.59 Å². The molecule has 0 saturated heterocycles. The van der Waals surface area contributed by atoms with Crippen LogP contribution in [0.1, 0.15) is 24.2 Å². The molecule has 0 aliphatic carbocycles. The molecule has 0 bridgehead atoms. The quantitative estimate of drug-likeness (QED) is 0.809. The molecule has 0 heterocycles. The Kier molecular flexibility index (Phi) is 4.21. The van der Waals surface area contributed by atoms with E-state index in [1.54, 1.807) is 0 Å². The van der Waals surface area contributed by atoms with E-state index in [-0.39, 0.29) is 10.5 Å². The molecule has 0 aliphatic rings. The molecule has 0 aliphatic heterocycles. The normalized spacial score (nSPS) is 12.4. The highest BCUT2D eigenvalue weighted by Crippen LogP contribution is 2.23. The minimum Gasteiger partial charge on any atom is -0.480 e. The number of carbonyl (C=O) groups excluding carboxylic acids is 1. The van der Waals surface area contributed by atoms with Crippen LogP contribution in [0.4, 0.5) is 0 Å². The first-order chi connectivity index (χ1) is 9.01. The van der Waals surface area contributed by atoms with Crippen molar-refractivity contribution in [3.8, 4) is 0 Å². The number of aliphatic carboxylic acids is 1. The predicted molar refractivity (Wildman–Crippen MR) is 71.6 cm³/mol. The van der Waals surface area contributed by atoms with E-state index in [1.807, 2.05) is 0 Å². The van der Waals surface area contributed by atoms with Crippen LogP contribution >= 0.6 is 0 Å². The first-order valence-corrected chi connectivity index (χ1v) is 7.07. The van der Waals surface area contributed by atoms with Gasteiger partial charge in [-0.05, 0) is 38.1 Å². The maximum atomic E-state index is 12.3. The van der Waals surface area contributed by atoms with Gasteiger partial charge in [-0.15, -0.1) is 0 Å². The minimum atomic E-state index is -3.98. The van der Waals surface area contributed by atoms with Gasteiger partial charge in [0, 0.05) is 12.6 Å². The molecule has 7 nitrogen and oxygen atoms in total. The van der Waals surface area contributed by atoms with Crippen LogP contribution < -0.4 is 5.73 Å². The number of carboxylic acid groups (broad SMARTS) is 1. The number of hydrogen-bond acceptors (Lipinski definition) is 4. The van der Waals surface area contributed by atoms with E-state index in [1.165, 1.54) is 45.2 Å². The zero-order valence-corrected chi connectivity index (χ0v) is 12.1. The summed E-state index contributed by atoms with van der Waals surface area (Å²) in [5, 5.41) is 9.07. The molecule has 0 atom stereocenters. The summed E-state index contributed by atoms with van der Waals surface area (Å²) in [7, 11) is -2.80. The molecule has 0 saturated carbocycles. The first-order valence-electron chi connectivity index (χ1n) is 5.63. The van der Waals surface area contributed by atoms with Crippen LogP contribution in [0.3, 0.4) is 0 Å². The van der Waals surface area contributed by atoms with Gasteiger partial charge in [0.2, 0.25) is 15.9 Å². The number of hydrogen-bond donors (Lipinski definition) is 2. The lowest BCUT2D eigenvalue weighted by Gasteiger charge is -2.30. The van der Waals surface area contributed by atoms with Gasteiger partial charge in [0.25, 0.3) is 0 Å². The largest absolute Gasteiger partial charge is 0.480 e. The third-order valence-corrected chi connectivity index (χ3v) is 5.15.